The monoisotopic (exact) mass is 352 g/mol. The second kappa shape index (κ2) is 7.20. The number of aryl methyl sites for hydroxylation is 2. The summed E-state index contributed by atoms with van der Waals surface area (Å²) >= 11 is 0. The van der Waals surface area contributed by atoms with Gasteiger partial charge in [0.15, 0.2) is 0 Å². The van der Waals surface area contributed by atoms with Crippen LogP contribution in [0.2, 0.25) is 0 Å². The molecule has 1 heterocycles. The number of fused-ring (bicyclic) bond motifs is 1. The lowest BCUT2D eigenvalue weighted by atomic mass is 9.99. The van der Waals surface area contributed by atoms with E-state index in [-0.39, 0.29) is 11.8 Å². The molecule has 0 saturated carbocycles. The first-order chi connectivity index (χ1) is 12.4. The smallest absolute Gasteiger partial charge is 0.254 e. The fourth-order valence-electron chi connectivity index (χ4n) is 3.46. The molecule has 1 aliphatic rings. The predicted octanol–water partition coefficient (Wildman–Crippen LogP) is 3.43. The van der Waals surface area contributed by atoms with Crippen molar-refractivity contribution in [1.29, 1.82) is 0 Å². The number of amides is 2. The Kier molecular flexibility index (Phi) is 4.98. The largest absolute Gasteiger partial charge is 0.494 e. The molecule has 1 aliphatic heterocycles. The Morgan fingerprint density at radius 2 is 1.77 bits per heavy atom. The average Bonchev–Trinajstić information content (AvgIpc) is 2.87. The maximum Gasteiger partial charge on any atom is 0.254 e. The molecule has 1 atom stereocenters. The van der Waals surface area contributed by atoms with E-state index in [2.05, 4.69) is 5.32 Å². The molecule has 1 N–H and O–H groups in total. The molecule has 2 amide bonds. The normalized spacial score (nSPS) is 15.8. The molecule has 26 heavy (non-hydrogen) atoms. The van der Waals surface area contributed by atoms with E-state index in [4.69, 9.17) is 4.74 Å². The van der Waals surface area contributed by atoms with E-state index in [1.807, 2.05) is 57.2 Å². The van der Waals surface area contributed by atoms with Crippen LogP contribution in [0.15, 0.2) is 36.4 Å². The fourth-order valence-corrected chi connectivity index (χ4v) is 3.46. The van der Waals surface area contributed by atoms with Crippen LogP contribution in [0.4, 0.5) is 5.69 Å². The molecule has 2 aromatic rings. The summed E-state index contributed by atoms with van der Waals surface area (Å²) in [6, 6.07) is 11.1. The first-order valence-corrected chi connectivity index (χ1v) is 8.82. The first kappa shape index (κ1) is 18.0. The molecule has 0 bridgehead atoms. The quantitative estimate of drug-likeness (QED) is 0.897. The maximum atomic E-state index is 13.1. The minimum atomic E-state index is -0.620. The zero-order valence-corrected chi connectivity index (χ0v) is 15.6. The molecule has 2 aromatic carbocycles. The van der Waals surface area contributed by atoms with Gasteiger partial charge in [0.25, 0.3) is 5.91 Å². The highest BCUT2D eigenvalue weighted by Gasteiger charge is 2.39. The van der Waals surface area contributed by atoms with Gasteiger partial charge >= 0.3 is 0 Å². The lowest BCUT2D eigenvalue weighted by molar-refractivity contribution is -0.126. The van der Waals surface area contributed by atoms with E-state index in [0.29, 0.717) is 13.2 Å². The van der Waals surface area contributed by atoms with E-state index < -0.39 is 6.04 Å². The molecule has 0 aliphatic carbocycles. The maximum absolute atomic E-state index is 13.1. The third kappa shape index (κ3) is 3.29. The summed E-state index contributed by atoms with van der Waals surface area (Å²) in [4.78, 5) is 26.5. The van der Waals surface area contributed by atoms with Crippen LogP contribution in [0, 0.1) is 13.8 Å². The summed E-state index contributed by atoms with van der Waals surface area (Å²) in [6.07, 6.45) is 0. The van der Waals surface area contributed by atoms with Gasteiger partial charge in [-0.25, -0.2) is 0 Å². The van der Waals surface area contributed by atoms with E-state index >= 15 is 0 Å². The van der Waals surface area contributed by atoms with Crippen LogP contribution in [0.25, 0.3) is 0 Å². The van der Waals surface area contributed by atoms with Crippen molar-refractivity contribution in [3.8, 4) is 5.75 Å². The van der Waals surface area contributed by atoms with Gasteiger partial charge in [-0.2, -0.15) is 0 Å². The van der Waals surface area contributed by atoms with Crippen molar-refractivity contribution < 1.29 is 14.3 Å². The van der Waals surface area contributed by atoms with Crippen molar-refractivity contribution >= 4 is 17.5 Å². The van der Waals surface area contributed by atoms with E-state index in [0.717, 1.165) is 33.7 Å². The molecule has 0 saturated heterocycles. The Balaban J connectivity index is 1.96. The second-order valence-electron chi connectivity index (χ2n) is 6.60. The van der Waals surface area contributed by atoms with Crippen LogP contribution in [-0.2, 0) is 16.1 Å². The Labute approximate surface area is 154 Å². The first-order valence-electron chi connectivity index (χ1n) is 8.82. The number of carbonyl (C=O) groups is 2. The van der Waals surface area contributed by atoms with Gasteiger partial charge in [-0.15, -0.1) is 0 Å². The molecule has 3 rings (SSSR count). The number of hydrogen-bond donors (Lipinski definition) is 1. The Bertz CT molecular complexity index is 843. The topological polar surface area (TPSA) is 58.6 Å². The number of carbonyl (C=O) groups excluding carboxylic acids is 2. The molecule has 0 aromatic heterocycles. The van der Waals surface area contributed by atoms with E-state index in [9.17, 15) is 9.59 Å². The van der Waals surface area contributed by atoms with Crippen LogP contribution in [0.5, 0.6) is 5.75 Å². The van der Waals surface area contributed by atoms with Crippen molar-refractivity contribution in [2.45, 2.75) is 40.3 Å². The number of rotatable bonds is 5. The summed E-state index contributed by atoms with van der Waals surface area (Å²) in [5, 5.41) is 2.81. The van der Waals surface area contributed by atoms with Crippen molar-refractivity contribution in [2.24, 2.45) is 0 Å². The Morgan fingerprint density at radius 3 is 2.38 bits per heavy atom. The second-order valence-corrected chi connectivity index (χ2v) is 6.60. The Morgan fingerprint density at radius 1 is 1.12 bits per heavy atom. The predicted molar refractivity (Wildman–Crippen MR) is 101 cm³/mol. The summed E-state index contributed by atoms with van der Waals surface area (Å²) < 4.78 is 5.48. The zero-order valence-electron chi connectivity index (χ0n) is 15.6. The van der Waals surface area contributed by atoms with Gasteiger partial charge in [0.1, 0.15) is 11.8 Å². The van der Waals surface area contributed by atoms with E-state index in [1.54, 1.807) is 4.90 Å². The molecule has 0 spiro atoms. The highest BCUT2D eigenvalue weighted by atomic mass is 16.5. The summed E-state index contributed by atoms with van der Waals surface area (Å²) in [7, 11) is 0. The van der Waals surface area contributed by atoms with Gasteiger partial charge in [-0.05, 0) is 49.6 Å². The highest BCUT2D eigenvalue weighted by molar-refractivity contribution is 6.07. The molecule has 0 fully saturated rings. The van der Waals surface area contributed by atoms with Crippen molar-refractivity contribution in [2.75, 3.05) is 11.5 Å². The third-order valence-electron chi connectivity index (χ3n) is 4.63. The van der Waals surface area contributed by atoms with Gasteiger partial charge in [0.2, 0.25) is 5.91 Å². The van der Waals surface area contributed by atoms with Crippen LogP contribution in [0.3, 0.4) is 0 Å². The van der Waals surface area contributed by atoms with Crippen LogP contribution >= 0.6 is 0 Å². The minimum absolute atomic E-state index is 0.0958. The lowest BCUT2D eigenvalue weighted by Crippen LogP contribution is -2.36. The number of ether oxygens (including phenoxy) is 1. The van der Waals surface area contributed by atoms with Crippen LogP contribution < -0.4 is 15.0 Å². The molecule has 0 unspecified atom stereocenters. The van der Waals surface area contributed by atoms with Crippen molar-refractivity contribution in [3.05, 3.63) is 58.7 Å². The van der Waals surface area contributed by atoms with Gasteiger partial charge < -0.3 is 15.0 Å². The van der Waals surface area contributed by atoms with Crippen molar-refractivity contribution in [1.82, 2.24) is 5.32 Å². The van der Waals surface area contributed by atoms with Gasteiger partial charge in [0, 0.05) is 12.5 Å². The Hall–Kier alpha value is -2.82. The summed E-state index contributed by atoms with van der Waals surface area (Å²) in [5.41, 5.74) is 4.85. The fraction of sp³-hybridized carbons (Fsp3) is 0.333. The lowest BCUT2D eigenvalue weighted by Gasteiger charge is -2.20. The summed E-state index contributed by atoms with van der Waals surface area (Å²) in [5.74, 6) is 0.507. The number of anilines is 1. The standard InChI is InChI=1S/C21H24N2O3/c1-5-26-17-10-8-16(9-11-17)12-23-20-14(3)7-6-13(2)18(20)19(21(23)25)22-15(4)24/h6-11,19H,5,12H2,1-4H3,(H,22,24)/t19-/m0/s1. The molecular weight excluding hydrogens is 328 g/mol. The summed E-state index contributed by atoms with van der Waals surface area (Å²) in [6.45, 7) is 8.43. The van der Waals surface area contributed by atoms with Gasteiger partial charge in [-0.3, -0.25) is 9.59 Å². The van der Waals surface area contributed by atoms with Gasteiger partial charge in [-0.1, -0.05) is 24.3 Å². The third-order valence-corrected chi connectivity index (χ3v) is 4.63. The number of nitrogens with one attached hydrogen (secondary N) is 1. The number of hydrogen-bond acceptors (Lipinski definition) is 3. The number of nitrogens with zero attached hydrogens (tertiary/aromatic N) is 1. The molecule has 136 valence electrons. The molecule has 0 radical (unpaired) electrons. The molecular formula is C21H24N2O3. The van der Waals surface area contributed by atoms with Crippen molar-refractivity contribution in [3.63, 3.8) is 0 Å². The minimum Gasteiger partial charge on any atom is -0.494 e. The zero-order chi connectivity index (χ0) is 18.8. The van der Waals surface area contributed by atoms with Crippen LogP contribution in [-0.4, -0.2) is 18.4 Å². The average molecular weight is 352 g/mol. The highest BCUT2D eigenvalue weighted by Crippen LogP contribution is 2.41. The SMILES string of the molecule is CCOc1ccc(CN2C(=O)[C@@H](NC(C)=O)c3c(C)ccc(C)c32)cc1. The molecule has 5 nitrogen and oxygen atoms in total. The number of benzene rings is 2. The van der Waals surface area contributed by atoms with E-state index in [1.165, 1.54) is 6.92 Å². The van der Waals surface area contributed by atoms with Gasteiger partial charge in [0.05, 0.1) is 18.8 Å². The van der Waals surface area contributed by atoms with Crippen LogP contribution in [0.1, 0.15) is 42.1 Å². The molecule has 5 heteroatoms.